The number of hydrogen-bond donors (Lipinski definition) is 2. The molecule has 0 aromatic heterocycles. The van der Waals surface area contributed by atoms with Crippen LogP contribution in [0.3, 0.4) is 0 Å². The minimum absolute atomic E-state index is 0.0187. The molecule has 6 nitrogen and oxygen atoms in total. The normalized spacial score (nSPS) is 12.1. The van der Waals surface area contributed by atoms with E-state index in [0.29, 0.717) is 12.3 Å². The fourth-order valence-electron chi connectivity index (χ4n) is 2.93. The summed E-state index contributed by atoms with van der Waals surface area (Å²) in [5, 5.41) is 2.83. The van der Waals surface area contributed by atoms with Gasteiger partial charge in [-0.1, -0.05) is 35.9 Å². The Morgan fingerprint density at radius 1 is 0.935 bits per heavy atom. The lowest BCUT2D eigenvalue weighted by molar-refractivity contribution is 0.0926. The molecule has 0 radical (unpaired) electrons. The van der Waals surface area contributed by atoms with Crippen LogP contribution in [0, 0.1) is 13.8 Å². The molecular weight excluding hydrogens is 412 g/mol. The van der Waals surface area contributed by atoms with Gasteiger partial charge in [-0.15, -0.1) is 0 Å². The molecule has 0 heterocycles. The van der Waals surface area contributed by atoms with E-state index in [1.165, 1.54) is 12.1 Å². The summed E-state index contributed by atoms with van der Waals surface area (Å²) in [5.74, 6) is 0.356. The monoisotopic (exact) mass is 438 g/mol. The van der Waals surface area contributed by atoms with Crippen molar-refractivity contribution in [2.75, 3.05) is 11.3 Å². The maximum absolute atomic E-state index is 12.7. The summed E-state index contributed by atoms with van der Waals surface area (Å²) >= 11 is 0. The summed E-state index contributed by atoms with van der Waals surface area (Å²) in [4.78, 5) is 12.6. The van der Waals surface area contributed by atoms with Crippen molar-refractivity contribution in [3.8, 4) is 5.75 Å². The van der Waals surface area contributed by atoms with E-state index in [9.17, 15) is 13.2 Å². The average Bonchev–Trinajstić information content (AvgIpc) is 2.73. The molecule has 0 aliphatic carbocycles. The van der Waals surface area contributed by atoms with Crippen molar-refractivity contribution in [2.24, 2.45) is 0 Å². The van der Waals surface area contributed by atoms with Crippen LogP contribution in [-0.2, 0) is 10.0 Å². The smallest absolute Gasteiger partial charge is 0.261 e. The third kappa shape index (κ3) is 6.33. The molecule has 0 aliphatic rings. The Morgan fingerprint density at radius 2 is 1.65 bits per heavy atom. The van der Waals surface area contributed by atoms with Gasteiger partial charge < -0.3 is 10.1 Å². The molecule has 0 aliphatic heterocycles. The summed E-state index contributed by atoms with van der Waals surface area (Å²) in [6.45, 7) is 6.00. The molecule has 2 N–H and O–H groups in total. The van der Waals surface area contributed by atoms with Gasteiger partial charge in [-0.3, -0.25) is 9.52 Å². The number of rotatable bonds is 8. The van der Waals surface area contributed by atoms with Gasteiger partial charge in [-0.05, 0) is 68.8 Å². The Morgan fingerprint density at radius 3 is 2.35 bits per heavy atom. The Bertz CT molecular complexity index is 1160. The number of carbonyl (C=O) groups excluding carboxylic acids is 1. The van der Waals surface area contributed by atoms with Crippen molar-refractivity contribution in [3.05, 3.63) is 89.5 Å². The van der Waals surface area contributed by atoms with Crippen molar-refractivity contribution in [1.29, 1.82) is 0 Å². The summed E-state index contributed by atoms with van der Waals surface area (Å²) < 4.78 is 33.7. The number of carbonyl (C=O) groups is 1. The fraction of sp³-hybridized carbons (Fsp3) is 0.208. The second-order valence-corrected chi connectivity index (χ2v) is 9.18. The number of amides is 1. The minimum Gasteiger partial charge on any atom is -0.491 e. The van der Waals surface area contributed by atoms with E-state index >= 15 is 0 Å². The molecule has 1 amide bonds. The molecule has 1 atom stereocenters. The standard InChI is InChI=1S/C24H26N2O4S/c1-17-10-12-22(13-11-17)30-16-19(3)25-24(27)20-7-5-9-23(15-20)31(28,29)26-21-8-4-6-18(2)14-21/h4-15,19,26H,16H2,1-3H3,(H,25,27). The first-order valence-corrected chi connectivity index (χ1v) is 11.4. The van der Waals surface area contributed by atoms with Gasteiger partial charge in [0.1, 0.15) is 12.4 Å². The lowest BCUT2D eigenvalue weighted by Crippen LogP contribution is -2.36. The van der Waals surface area contributed by atoms with Crippen LogP contribution in [0.4, 0.5) is 5.69 Å². The van der Waals surface area contributed by atoms with Crippen molar-refractivity contribution >= 4 is 21.6 Å². The zero-order valence-electron chi connectivity index (χ0n) is 17.8. The summed E-state index contributed by atoms with van der Waals surface area (Å²) in [6, 6.07) is 20.4. The summed E-state index contributed by atoms with van der Waals surface area (Å²) in [6.07, 6.45) is 0. The molecular formula is C24H26N2O4S. The third-order valence-corrected chi connectivity index (χ3v) is 5.95. The molecule has 0 bridgehead atoms. The van der Waals surface area contributed by atoms with E-state index < -0.39 is 10.0 Å². The highest BCUT2D eigenvalue weighted by molar-refractivity contribution is 7.92. The van der Waals surface area contributed by atoms with Crippen LogP contribution in [0.5, 0.6) is 5.75 Å². The Kier molecular flexibility index (Phi) is 6.97. The van der Waals surface area contributed by atoms with E-state index in [0.717, 1.165) is 16.9 Å². The minimum atomic E-state index is -3.82. The molecule has 0 saturated heterocycles. The lowest BCUT2D eigenvalue weighted by Gasteiger charge is -2.16. The molecule has 1 unspecified atom stereocenters. The van der Waals surface area contributed by atoms with Crippen molar-refractivity contribution in [3.63, 3.8) is 0 Å². The average molecular weight is 439 g/mol. The van der Waals surface area contributed by atoms with Gasteiger partial charge in [-0.2, -0.15) is 0 Å². The molecule has 3 aromatic carbocycles. The molecule has 0 fully saturated rings. The van der Waals surface area contributed by atoms with E-state index in [2.05, 4.69) is 10.0 Å². The highest BCUT2D eigenvalue weighted by atomic mass is 32.2. The van der Waals surface area contributed by atoms with Gasteiger partial charge in [0, 0.05) is 11.3 Å². The fourth-order valence-corrected chi connectivity index (χ4v) is 4.03. The topological polar surface area (TPSA) is 84.5 Å². The van der Waals surface area contributed by atoms with Crippen LogP contribution >= 0.6 is 0 Å². The predicted octanol–water partition coefficient (Wildman–Crippen LogP) is 4.30. The molecule has 0 spiro atoms. The molecule has 31 heavy (non-hydrogen) atoms. The third-order valence-electron chi connectivity index (χ3n) is 4.58. The van der Waals surface area contributed by atoms with Crippen molar-refractivity contribution in [2.45, 2.75) is 31.7 Å². The molecule has 3 aromatic rings. The van der Waals surface area contributed by atoms with Gasteiger partial charge in [-0.25, -0.2) is 8.42 Å². The zero-order chi connectivity index (χ0) is 22.4. The lowest BCUT2D eigenvalue weighted by atomic mass is 10.2. The van der Waals surface area contributed by atoms with Crippen LogP contribution in [0.2, 0.25) is 0 Å². The number of hydrogen-bond acceptors (Lipinski definition) is 4. The molecule has 7 heteroatoms. The van der Waals surface area contributed by atoms with Crippen molar-refractivity contribution < 1.29 is 17.9 Å². The van der Waals surface area contributed by atoms with Gasteiger partial charge in [0.15, 0.2) is 0 Å². The number of nitrogens with one attached hydrogen (secondary N) is 2. The number of sulfonamides is 1. The Hall–Kier alpha value is -3.32. The number of aryl methyl sites for hydroxylation is 2. The molecule has 162 valence electrons. The van der Waals surface area contributed by atoms with Crippen LogP contribution in [0.15, 0.2) is 77.7 Å². The first-order valence-electron chi connectivity index (χ1n) is 9.93. The SMILES string of the molecule is Cc1ccc(OCC(C)NC(=O)c2cccc(S(=O)(=O)Nc3cccc(C)c3)c2)cc1. The maximum Gasteiger partial charge on any atom is 0.261 e. The summed E-state index contributed by atoms with van der Waals surface area (Å²) in [5.41, 5.74) is 2.81. The quantitative estimate of drug-likeness (QED) is 0.549. The van der Waals surface area contributed by atoms with Gasteiger partial charge in [0.05, 0.1) is 10.9 Å². The highest BCUT2D eigenvalue weighted by Gasteiger charge is 2.17. The van der Waals surface area contributed by atoms with Crippen LogP contribution < -0.4 is 14.8 Å². The highest BCUT2D eigenvalue weighted by Crippen LogP contribution is 2.18. The maximum atomic E-state index is 12.7. The predicted molar refractivity (Wildman–Crippen MR) is 122 cm³/mol. The van der Waals surface area contributed by atoms with Crippen molar-refractivity contribution in [1.82, 2.24) is 5.32 Å². The van der Waals surface area contributed by atoms with Gasteiger partial charge in [0.25, 0.3) is 15.9 Å². The largest absolute Gasteiger partial charge is 0.491 e. The molecule has 0 saturated carbocycles. The second kappa shape index (κ2) is 9.66. The molecule has 3 rings (SSSR count). The van der Waals surface area contributed by atoms with E-state index in [1.54, 1.807) is 30.3 Å². The number of benzene rings is 3. The zero-order valence-corrected chi connectivity index (χ0v) is 18.6. The summed E-state index contributed by atoms with van der Waals surface area (Å²) in [7, 11) is -3.82. The number of anilines is 1. The Labute approximate surface area is 183 Å². The Balaban J connectivity index is 1.64. The van der Waals surface area contributed by atoms with Crippen LogP contribution in [0.25, 0.3) is 0 Å². The van der Waals surface area contributed by atoms with Gasteiger partial charge >= 0.3 is 0 Å². The van der Waals surface area contributed by atoms with E-state index in [4.69, 9.17) is 4.74 Å². The van der Waals surface area contributed by atoms with Crippen LogP contribution in [-0.4, -0.2) is 27.0 Å². The van der Waals surface area contributed by atoms with E-state index in [1.807, 2.05) is 51.1 Å². The first kappa shape index (κ1) is 22.4. The van der Waals surface area contributed by atoms with Crippen LogP contribution in [0.1, 0.15) is 28.4 Å². The number of ether oxygens (including phenoxy) is 1. The van der Waals surface area contributed by atoms with E-state index in [-0.39, 0.29) is 22.4 Å². The second-order valence-electron chi connectivity index (χ2n) is 7.50. The first-order chi connectivity index (χ1) is 14.7. The van der Waals surface area contributed by atoms with Gasteiger partial charge in [0.2, 0.25) is 0 Å².